The maximum atomic E-state index is 11.9. The van der Waals surface area contributed by atoms with E-state index in [9.17, 15) is 9.90 Å². The second-order valence-electron chi connectivity index (χ2n) is 6.96. The third kappa shape index (κ3) is 4.96. The fourth-order valence-electron chi connectivity index (χ4n) is 2.92. The number of H-pyrrole nitrogens is 1. The molecule has 2 heterocycles. The highest BCUT2D eigenvalue weighted by molar-refractivity contribution is 5.72. The number of carboxylic acids is 1. The number of aromatic amines is 1. The molecule has 0 aliphatic carbocycles. The second kappa shape index (κ2) is 8.02. The first-order valence-corrected chi connectivity index (χ1v) is 8.08. The second-order valence-corrected chi connectivity index (χ2v) is 6.96. The fourth-order valence-corrected chi connectivity index (χ4v) is 2.92. The molecule has 0 bridgehead atoms. The van der Waals surface area contributed by atoms with Crippen LogP contribution in [0.25, 0.3) is 0 Å². The van der Waals surface area contributed by atoms with Gasteiger partial charge in [0.05, 0.1) is 12.5 Å². The van der Waals surface area contributed by atoms with Crippen LogP contribution >= 0.6 is 0 Å². The molecule has 0 aliphatic heterocycles. The Morgan fingerprint density at radius 1 is 1.36 bits per heavy atom. The predicted octanol–water partition coefficient (Wildman–Crippen LogP) is 1.07. The molecule has 0 amide bonds. The third-order valence-corrected chi connectivity index (χ3v) is 3.99. The largest absolute Gasteiger partial charge is 0.481 e. The zero-order valence-electron chi connectivity index (χ0n) is 14.6. The molecule has 0 spiro atoms. The van der Waals surface area contributed by atoms with E-state index in [2.05, 4.69) is 30.9 Å². The molecule has 0 aromatic carbocycles. The number of rotatable bonds is 8. The highest BCUT2D eigenvalue weighted by Gasteiger charge is 2.40. The molecule has 0 saturated heterocycles. The Labute approximate surface area is 145 Å². The fraction of sp³-hybridized carbons (Fsp3) is 0.562. The molecular formula is C16H24N6O3. The highest BCUT2D eigenvalue weighted by Crippen LogP contribution is 2.38. The van der Waals surface area contributed by atoms with E-state index >= 15 is 0 Å². The Kier molecular flexibility index (Phi) is 6.02. The number of nitrogens with zero attached hydrogens (tertiary/aromatic N) is 4. The van der Waals surface area contributed by atoms with E-state index in [1.807, 2.05) is 26.8 Å². The number of hydrogen-bond acceptors (Lipinski definition) is 7. The minimum atomic E-state index is -0.892. The monoisotopic (exact) mass is 348 g/mol. The lowest BCUT2D eigenvalue weighted by molar-refractivity contribution is -0.146. The first-order chi connectivity index (χ1) is 11.8. The summed E-state index contributed by atoms with van der Waals surface area (Å²) in [5.74, 6) is -0.979. The summed E-state index contributed by atoms with van der Waals surface area (Å²) >= 11 is 0. The summed E-state index contributed by atoms with van der Waals surface area (Å²) < 4.78 is 0. The van der Waals surface area contributed by atoms with E-state index in [-0.39, 0.29) is 6.61 Å². The van der Waals surface area contributed by atoms with E-state index in [0.717, 1.165) is 5.56 Å². The molecule has 0 aliphatic rings. The summed E-state index contributed by atoms with van der Waals surface area (Å²) in [6.45, 7) is 6.11. The van der Waals surface area contributed by atoms with Crippen molar-refractivity contribution in [2.24, 2.45) is 11.3 Å². The van der Waals surface area contributed by atoms with Crippen molar-refractivity contribution in [3.05, 3.63) is 29.7 Å². The van der Waals surface area contributed by atoms with Crippen LogP contribution in [0.4, 0.5) is 5.82 Å². The van der Waals surface area contributed by atoms with Crippen molar-refractivity contribution >= 4 is 11.8 Å². The van der Waals surface area contributed by atoms with Crippen molar-refractivity contribution < 1.29 is 15.0 Å². The molecule has 0 radical (unpaired) electrons. The average molecular weight is 348 g/mol. The van der Waals surface area contributed by atoms with Gasteiger partial charge in [-0.05, 0) is 23.5 Å². The minimum Gasteiger partial charge on any atom is -0.481 e. The van der Waals surface area contributed by atoms with Crippen LogP contribution in [0.2, 0.25) is 0 Å². The van der Waals surface area contributed by atoms with Crippen molar-refractivity contribution in [3.8, 4) is 0 Å². The molecule has 0 fully saturated rings. The van der Waals surface area contributed by atoms with Gasteiger partial charge in [-0.1, -0.05) is 32.1 Å². The first kappa shape index (κ1) is 18.8. The van der Waals surface area contributed by atoms with Gasteiger partial charge in [-0.3, -0.25) is 4.79 Å². The van der Waals surface area contributed by atoms with Crippen molar-refractivity contribution in [1.29, 1.82) is 0 Å². The molecule has 9 nitrogen and oxygen atoms in total. The van der Waals surface area contributed by atoms with Crippen LogP contribution < -0.4 is 5.32 Å². The number of carboxylic acid groups (broad SMARTS) is 1. The molecule has 2 aromatic heterocycles. The van der Waals surface area contributed by atoms with Crippen LogP contribution in [-0.4, -0.2) is 54.9 Å². The van der Waals surface area contributed by atoms with Crippen LogP contribution in [0.3, 0.4) is 0 Å². The quantitative estimate of drug-likeness (QED) is 0.556. The number of aliphatic carboxylic acids is 1. The molecule has 9 heteroatoms. The molecule has 2 rings (SSSR count). The molecule has 4 N–H and O–H groups in total. The molecule has 2 unspecified atom stereocenters. The van der Waals surface area contributed by atoms with Crippen LogP contribution in [0.5, 0.6) is 0 Å². The Hall–Kier alpha value is -2.55. The first-order valence-electron chi connectivity index (χ1n) is 8.08. The Balaban J connectivity index is 2.26. The van der Waals surface area contributed by atoms with Gasteiger partial charge in [-0.25, -0.2) is 4.98 Å². The zero-order valence-corrected chi connectivity index (χ0v) is 14.6. The third-order valence-electron chi connectivity index (χ3n) is 3.99. The number of tetrazole rings is 1. The van der Waals surface area contributed by atoms with Gasteiger partial charge in [0, 0.05) is 18.7 Å². The number of aliphatic hydroxyl groups excluding tert-OH is 1. The van der Waals surface area contributed by atoms with Crippen molar-refractivity contribution in [2.75, 3.05) is 18.5 Å². The smallest absolute Gasteiger partial charge is 0.307 e. The predicted molar refractivity (Wildman–Crippen MR) is 91.0 cm³/mol. The summed E-state index contributed by atoms with van der Waals surface area (Å²) in [6.07, 6.45) is 2.12. The average Bonchev–Trinajstić information content (AvgIpc) is 3.06. The van der Waals surface area contributed by atoms with Gasteiger partial charge in [0.15, 0.2) is 5.82 Å². The van der Waals surface area contributed by atoms with Gasteiger partial charge in [-0.2, -0.15) is 5.21 Å². The molecular weight excluding hydrogens is 324 g/mol. The van der Waals surface area contributed by atoms with Gasteiger partial charge in [0.25, 0.3) is 0 Å². The number of anilines is 1. The van der Waals surface area contributed by atoms with Gasteiger partial charge in [0.1, 0.15) is 5.82 Å². The summed E-state index contributed by atoms with van der Waals surface area (Å²) in [6, 6.07) is 3.67. The van der Waals surface area contributed by atoms with E-state index in [0.29, 0.717) is 24.6 Å². The lowest BCUT2D eigenvalue weighted by Crippen LogP contribution is -2.35. The molecule has 136 valence electrons. The van der Waals surface area contributed by atoms with Gasteiger partial charge >= 0.3 is 5.97 Å². The highest BCUT2D eigenvalue weighted by atomic mass is 16.4. The van der Waals surface area contributed by atoms with Crippen molar-refractivity contribution in [1.82, 2.24) is 25.6 Å². The molecule has 2 atom stereocenters. The maximum Gasteiger partial charge on any atom is 0.307 e. The number of aliphatic hydroxyl groups is 1. The standard InChI is InChI=1S/C16H24N6O3/c1-16(2,3)13(15(24)25)11(14-19-21-22-20-14)8-10-4-5-12(18-9-10)17-6-7-23/h4-5,9,11,13,23H,6-8H2,1-3H3,(H,17,18)(H,24,25)(H,19,20,21,22). The Morgan fingerprint density at radius 2 is 2.12 bits per heavy atom. The summed E-state index contributed by atoms with van der Waals surface area (Å²) in [5.41, 5.74) is 0.396. The van der Waals surface area contributed by atoms with Crippen molar-refractivity contribution in [3.63, 3.8) is 0 Å². The molecule has 25 heavy (non-hydrogen) atoms. The number of nitrogens with one attached hydrogen (secondary N) is 2. The van der Waals surface area contributed by atoms with E-state index in [1.165, 1.54) is 0 Å². The summed E-state index contributed by atoms with van der Waals surface area (Å²) in [4.78, 5) is 16.2. The molecule has 0 saturated carbocycles. The number of pyridine rings is 1. The number of carbonyl (C=O) groups is 1. The number of hydrogen-bond donors (Lipinski definition) is 4. The van der Waals surface area contributed by atoms with Crippen molar-refractivity contribution in [2.45, 2.75) is 33.1 Å². The SMILES string of the molecule is CC(C)(C)C(C(=O)O)C(Cc1ccc(NCCO)nc1)c1nn[nH]n1. The van der Waals surface area contributed by atoms with Crippen LogP contribution in [0, 0.1) is 11.3 Å². The zero-order chi connectivity index (χ0) is 18.4. The Morgan fingerprint density at radius 3 is 2.60 bits per heavy atom. The lowest BCUT2D eigenvalue weighted by Gasteiger charge is -2.32. The van der Waals surface area contributed by atoms with Gasteiger partial charge < -0.3 is 15.5 Å². The Bertz CT molecular complexity index is 666. The van der Waals surface area contributed by atoms with E-state index in [1.54, 1.807) is 12.3 Å². The normalized spacial score (nSPS) is 14.1. The van der Waals surface area contributed by atoms with Gasteiger partial charge in [-0.15, -0.1) is 10.2 Å². The van der Waals surface area contributed by atoms with Crippen LogP contribution in [0.15, 0.2) is 18.3 Å². The summed E-state index contributed by atoms with van der Waals surface area (Å²) in [7, 11) is 0. The van der Waals surface area contributed by atoms with E-state index in [4.69, 9.17) is 5.11 Å². The lowest BCUT2D eigenvalue weighted by atomic mass is 9.71. The number of aromatic nitrogens is 5. The molecule has 2 aromatic rings. The van der Waals surface area contributed by atoms with Crippen LogP contribution in [0.1, 0.15) is 38.1 Å². The van der Waals surface area contributed by atoms with Gasteiger partial charge in [0.2, 0.25) is 0 Å². The van der Waals surface area contributed by atoms with Crippen LogP contribution in [-0.2, 0) is 11.2 Å². The minimum absolute atomic E-state index is 0.0230. The topological polar surface area (TPSA) is 137 Å². The summed E-state index contributed by atoms with van der Waals surface area (Å²) in [5, 5.41) is 35.6. The van der Waals surface area contributed by atoms with E-state index < -0.39 is 23.2 Å². The maximum absolute atomic E-state index is 11.9.